The molecular formula is C15H17FN2. The highest BCUT2D eigenvalue weighted by Gasteiger charge is 2.14. The number of rotatable bonds is 3. The van der Waals surface area contributed by atoms with Crippen molar-refractivity contribution in [2.24, 2.45) is 0 Å². The number of nitrogens with one attached hydrogen (secondary N) is 1. The minimum atomic E-state index is -0.215. The van der Waals surface area contributed by atoms with Gasteiger partial charge < -0.3 is 5.32 Å². The summed E-state index contributed by atoms with van der Waals surface area (Å²) in [5.74, 6) is -0.215. The summed E-state index contributed by atoms with van der Waals surface area (Å²) in [7, 11) is 1.90. The minimum Gasteiger partial charge on any atom is -0.309 e. The van der Waals surface area contributed by atoms with Crippen LogP contribution in [0, 0.1) is 19.7 Å². The van der Waals surface area contributed by atoms with Crippen molar-refractivity contribution in [3.05, 3.63) is 64.7 Å². The lowest BCUT2D eigenvalue weighted by atomic mass is 9.97. The molecule has 2 rings (SSSR count). The molecule has 0 spiro atoms. The molecule has 0 saturated heterocycles. The Morgan fingerprint density at radius 2 is 1.72 bits per heavy atom. The number of pyridine rings is 1. The number of hydrogen-bond acceptors (Lipinski definition) is 2. The zero-order chi connectivity index (χ0) is 13.1. The fourth-order valence-electron chi connectivity index (χ4n) is 2.16. The Morgan fingerprint density at radius 3 is 2.28 bits per heavy atom. The monoisotopic (exact) mass is 244 g/mol. The number of benzene rings is 1. The van der Waals surface area contributed by atoms with E-state index < -0.39 is 0 Å². The van der Waals surface area contributed by atoms with E-state index >= 15 is 0 Å². The second-order valence-electron chi connectivity index (χ2n) is 4.40. The molecule has 3 heteroatoms. The van der Waals surface area contributed by atoms with Crippen LogP contribution in [0.15, 0.2) is 36.4 Å². The average Bonchev–Trinajstić information content (AvgIpc) is 2.35. The van der Waals surface area contributed by atoms with Gasteiger partial charge in [-0.25, -0.2) is 4.39 Å². The lowest BCUT2D eigenvalue weighted by molar-refractivity contribution is 0.623. The van der Waals surface area contributed by atoms with Crippen molar-refractivity contribution in [3.8, 4) is 0 Å². The molecule has 1 heterocycles. The molecule has 0 radical (unpaired) electrons. The van der Waals surface area contributed by atoms with Crippen LogP contribution >= 0.6 is 0 Å². The van der Waals surface area contributed by atoms with Gasteiger partial charge in [0.25, 0.3) is 0 Å². The highest BCUT2D eigenvalue weighted by atomic mass is 19.1. The number of nitrogens with zero attached hydrogens (tertiary/aromatic N) is 1. The molecule has 0 fully saturated rings. The summed E-state index contributed by atoms with van der Waals surface area (Å²) in [5, 5.41) is 3.25. The predicted molar refractivity (Wildman–Crippen MR) is 71.0 cm³/mol. The van der Waals surface area contributed by atoms with E-state index in [2.05, 4.69) is 16.4 Å². The van der Waals surface area contributed by atoms with Crippen LogP contribution in [0.1, 0.15) is 28.6 Å². The third-order valence-corrected chi connectivity index (χ3v) is 3.07. The number of aromatic nitrogens is 1. The van der Waals surface area contributed by atoms with E-state index in [4.69, 9.17) is 0 Å². The lowest BCUT2D eigenvalue weighted by Crippen LogP contribution is -2.19. The van der Waals surface area contributed by atoms with Gasteiger partial charge in [0.05, 0.1) is 6.04 Å². The second kappa shape index (κ2) is 5.27. The normalized spacial score (nSPS) is 12.4. The first-order valence-corrected chi connectivity index (χ1v) is 5.98. The van der Waals surface area contributed by atoms with Crippen LogP contribution in [0.5, 0.6) is 0 Å². The van der Waals surface area contributed by atoms with E-state index in [1.807, 2.05) is 27.0 Å². The number of halogens is 1. The molecule has 2 nitrogen and oxygen atoms in total. The molecule has 1 N–H and O–H groups in total. The summed E-state index contributed by atoms with van der Waals surface area (Å²) < 4.78 is 13.0. The Labute approximate surface area is 107 Å². The van der Waals surface area contributed by atoms with Gasteiger partial charge in [0.1, 0.15) is 5.82 Å². The van der Waals surface area contributed by atoms with E-state index in [1.54, 1.807) is 12.1 Å². The van der Waals surface area contributed by atoms with Crippen molar-refractivity contribution in [1.29, 1.82) is 0 Å². The van der Waals surface area contributed by atoms with Gasteiger partial charge in [-0.05, 0) is 50.2 Å². The molecule has 1 aromatic heterocycles. The summed E-state index contributed by atoms with van der Waals surface area (Å²) in [6.07, 6.45) is 0. The summed E-state index contributed by atoms with van der Waals surface area (Å²) in [6.45, 7) is 3.97. The van der Waals surface area contributed by atoms with Crippen LogP contribution in [-0.4, -0.2) is 12.0 Å². The average molecular weight is 244 g/mol. The van der Waals surface area contributed by atoms with Crippen molar-refractivity contribution >= 4 is 0 Å². The first-order chi connectivity index (χ1) is 8.61. The third-order valence-electron chi connectivity index (χ3n) is 3.07. The maximum absolute atomic E-state index is 13.0. The largest absolute Gasteiger partial charge is 0.309 e. The molecule has 0 aliphatic rings. The predicted octanol–water partition coefficient (Wildman–Crippen LogP) is 3.15. The van der Waals surface area contributed by atoms with Crippen molar-refractivity contribution < 1.29 is 4.39 Å². The third kappa shape index (κ3) is 2.57. The molecule has 0 aliphatic carbocycles. The van der Waals surface area contributed by atoms with Crippen LogP contribution < -0.4 is 5.32 Å². The molecule has 0 saturated carbocycles. The quantitative estimate of drug-likeness (QED) is 0.897. The Bertz CT molecular complexity index is 535. The summed E-state index contributed by atoms with van der Waals surface area (Å²) >= 11 is 0. The van der Waals surface area contributed by atoms with Crippen LogP contribution in [-0.2, 0) is 0 Å². The van der Waals surface area contributed by atoms with Gasteiger partial charge in [-0.15, -0.1) is 0 Å². The van der Waals surface area contributed by atoms with Gasteiger partial charge in [0.2, 0.25) is 0 Å². The molecular weight excluding hydrogens is 227 g/mol. The lowest BCUT2D eigenvalue weighted by Gasteiger charge is -2.19. The Hall–Kier alpha value is -1.74. The van der Waals surface area contributed by atoms with E-state index in [-0.39, 0.29) is 11.9 Å². The fraction of sp³-hybridized carbons (Fsp3) is 0.267. The summed E-state index contributed by atoms with van der Waals surface area (Å²) in [5.41, 5.74) is 4.16. The Morgan fingerprint density at radius 1 is 1.06 bits per heavy atom. The topological polar surface area (TPSA) is 24.9 Å². The maximum Gasteiger partial charge on any atom is 0.123 e. The Balaban J connectivity index is 2.41. The van der Waals surface area contributed by atoms with Gasteiger partial charge in [0, 0.05) is 11.4 Å². The van der Waals surface area contributed by atoms with Crippen LogP contribution in [0.2, 0.25) is 0 Å². The first-order valence-electron chi connectivity index (χ1n) is 5.98. The Kier molecular flexibility index (Phi) is 3.72. The van der Waals surface area contributed by atoms with Gasteiger partial charge in [0.15, 0.2) is 0 Å². The summed E-state index contributed by atoms with van der Waals surface area (Å²) in [6, 6.07) is 10.7. The minimum absolute atomic E-state index is 0.0405. The highest BCUT2D eigenvalue weighted by Crippen LogP contribution is 2.24. The van der Waals surface area contributed by atoms with Crippen LogP contribution in [0.25, 0.3) is 0 Å². The molecule has 0 aliphatic heterocycles. The molecule has 18 heavy (non-hydrogen) atoms. The van der Waals surface area contributed by atoms with Crippen molar-refractivity contribution in [1.82, 2.24) is 10.3 Å². The molecule has 0 amide bonds. The van der Waals surface area contributed by atoms with Crippen LogP contribution in [0.3, 0.4) is 0 Å². The smallest absolute Gasteiger partial charge is 0.123 e. The molecule has 2 aromatic rings. The zero-order valence-corrected chi connectivity index (χ0v) is 10.9. The maximum atomic E-state index is 13.0. The van der Waals surface area contributed by atoms with Crippen LogP contribution in [0.4, 0.5) is 4.39 Å². The molecule has 0 bridgehead atoms. The van der Waals surface area contributed by atoms with E-state index in [9.17, 15) is 4.39 Å². The standard InChI is InChI=1S/C15H17FN2/c1-10-4-9-14(11(2)18-10)15(17-3)12-5-7-13(16)8-6-12/h4-9,15,17H,1-3H3. The van der Waals surface area contributed by atoms with Crippen molar-refractivity contribution in [3.63, 3.8) is 0 Å². The van der Waals surface area contributed by atoms with Crippen molar-refractivity contribution in [2.75, 3.05) is 7.05 Å². The summed E-state index contributed by atoms with van der Waals surface area (Å²) in [4.78, 5) is 4.47. The second-order valence-corrected chi connectivity index (χ2v) is 4.40. The molecule has 94 valence electrons. The van der Waals surface area contributed by atoms with E-state index in [0.29, 0.717) is 0 Å². The number of hydrogen-bond donors (Lipinski definition) is 1. The highest BCUT2D eigenvalue weighted by molar-refractivity contribution is 5.34. The molecule has 1 aromatic carbocycles. The zero-order valence-electron chi connectivity index (χ0n) is 10.9. The van der Waals surface area contributed by atoms with Gasteiger partial charge in [-0.3, -0.25) is 4.98 Å². The van der Waals surface area contributed by atoms with E-state index in [0.717, 1.165) is 22.5 Å². The number of aryl methyl sites for hydroxylation is 2. The van der Waals surface area contributed by atoms with Gasteiger partial charge in [-0.2, -0.15) is 0 Å². The van der Waals surface area contributed by atoms with E-state index in [1.165, 1.54) is 12.1 Å². The first kappa shape index (κ1) is 12.7. The van der Waals surface area contributed by atoms with Gasteiger partial charge in [-0.1, -0.05) is 18.2 Å². The molecule has 1 unspecified atom stereocenters. The fourth-order valence-corrected chi connectivity index (χ4v) is 2.16. The van der Waals surface area contributed by atoms with Gasteiger partial charge >= 0.3 is 0 Å². The van der Waals surface area contributed by atoms with Crippen molar-refractivity contribution in [2.45, 2.75) is 19.9 Å². The SMILES string of the molecule is CNC(c1ccc(F)cc1)c1ccc(C)nc1C. The molecule has 1 atom stereocenters.